The maximum absolute atomic E-state index is 12.4. The summed E-state index contributed by atoms with van der Waals surface area (Å²) in [6, 6.07) is 7.13. The Balaban J connectivity index is 2.02. The highest BCUT2D eigenvalue weighted by Gasteiger charge is 2.27. The van der Waals surface area contributed by atoms with Gasteiger partial charge in [0.25, 0.3) is 5.91 Å². The van der Waals surface area contributed by atoms with E-state index in [2.05, 4.69) is 0 Å². The first-order valence-corrected chi connectivity index (χ1v) is 8.53. The Morgan fingerprint density at radius 1 is 1.40 bits per heavy atom. The summed E-state index contributed by atoms with van der Waals surface area (Å²) in [5, 5.41) is 0.499. The molecule has 1 saturated heterocycles. The molecular weight excluding hydrogens is 298 g/mol. The number of hydrogen-bond acceptors (Lipinski definition) is 3. The van der Waals surface area contributed by atoms with E-state index in [4.69, 9.17) is 16.3 Å². The Labute approximate surface area is 126 Å². The zero-order valence-electron chi connectivity index (χ0n) is 11.4. The van der Waals surface area contributed by atoms with Gasteiger partial charge in [-0.1, -0.05) is 30.7 Å². The third-order valence-corrected chi connectivity index (χ3v) is 4.83. The molecule has 1 amide bonds. The molecule has 4 nitrogen and oxygen atoms in total. The van der Waals surface area contributed by atoms with Gasteiger partial charge in [-0.15, -0.1) is 0 Å². The van der Waals surface area contributed by atoms with E-state index in [1.807, 2.05) is 19.1 Å². The van der Waals surface area contributed by atoms with Gasteiger partial charge in [-0.2, -0.15) is 0 Å². The van der Waals surface area contributed by atoms with E-state index in [1.165, 1.54) is 0 Å². The van der Waals surface area contributed by atoms with E-state index in [9.17, 15) is 9.00 Å². The number of benzene rings is 1. The minimum Gasteiger partial charge on any atom is -0.479 e. The third-order valence-electron chi connectivity index (χ3n) is 3.24. The van der Waals surface area contributed by atoms with Crippen molar-refractivity contribution >= 4 is 28.3 Å². The predicted molar refractivity (Wildman–Crippen MR) is 80.6 cm³/mol. The van der Waals surface area contributed by atoms with E-state index in [-0.39, 0.29) is 5.91 Å². The number of amides is 1. The Bertz CT molecular complexity index is 499. The van der Waals surface area contributed by atoms with Crippen molar-refractivity contribution in [1.82, 2.24) is 4.90 Å². The number of halogens is 1. The first-order chi connectivity index (χ1) is 9.61. The average Bonchev–Trinajstić information content (AvgIpc) is 2.46. The standard InChI is InChI=1S/C14H18ClNO3S/c1-2-12(19-13-6-4-3-5-11(13)15)14(17)16-7-9-20(18)10-8-16/h3-6,12H,2,7-10H2,1H3/t12-/m0/s1. The van der Waals surface area contributed by atoms with Gasteiger partial charge >= 0.3 is 0 Å². The molecule has 0 spiro atoms. The second kappa shape index (κ2) is 7.09. The van der Waals surface area contributed by atoms with Crippen molar-refractivity contribution < 1.29 is 13.7 Å². The number of nitrogens with zero attached hydrogens (tertiary/aromatic N) is 1. The van der Waals surface area contributed by atoms with E-state index in [1.54, 1.807) is 17.0 Å². The number of ether oxygens (including phenoxy) is 1. The molecule has 1 aromatic rings. The zero-order chi connectivity index (χ0) is 14.5. The fraction of sp³-hybridized carbons (Fsp3) is 0.500. The second-order valence-electron chi connectivity index (χ2n) is 4.62. The van der Waals surface area contributed by atoms with Crippen molar-refractivity contribution in [2.24, 2.45) is 0 Å². The molecule has 0 bridgehead atoms. The first-order valence-electron chi connectivity index (χ1n) is 6.66. The summed E-state index contributed by atoms with van der Waals surface area (Å²) in [5.41, 5.74) is 0. The molecule has 1 fully saturated rings. The quantitative estimate of drug-likeness (QED) is 0.854. The SMILES string of the molecule is CC[C@H](Oc1ccccc1Cl)C(=O)N1CCS(=O)CC1. The molecule has 0 unspecified atom stereocenters. The molecule has 1 heterocycles. The third kappa shape index (κ3) is 3.73. The predicted octanol–water partition coefficient (Wildman–Crippen LogP) is 2.09. The van der Waals surface area contributed by atoms with Crippen LogP contribution in [0.1, 0.15) is 13.3 Å². The summed E-state index contributed by atoms with van der Waals surface area (Å²) in [7, 11) is -0.790. The van der Waals surface area contributed by atoms with Gasteiger partial charge in [-0.3, -0.25) is 9.00 Å². The van der Waals surface area contributed by atoms with E-state index < -0.39 is 16.9 Å². The van der Waals surface area contributed by atoms with Crippen LogP contribution >= 0.6 is 11.6 Å². The van der Waals surface area contributed by atoms with E-state index in [0.717, 1.165) is 0 Å². The summed E-state index contributed by atoms with van der Waals surface area (Å²) in [6.07, 6.45) is 0.0327. The topological polar surface area (TPSA) is 46.6 Å². The maximum Gasteiger partial charge on any atom is 0.263 e. The van der Waals surface area contributed by atoms with Crippen LogP contribution in [0.5, 0.6) is 5.75 Å². The maximum atomic E-state index is 12.4. The van der Waals surface area contributed by atoms with Crippen LogP contribution in [0, 0.1) is 0 Å². The van der Waals surface area contributed by atoms with E-state index in [0.29, 0.717) is 41.8 Å². The lowest BCUT2D eigenvalue weighted by Crippen LogP contribution is -2.47. The smallest absolute Gasteiger partial charge is 0.263 e. The summed E-state index contributed by atoms with van der Waals surface area (Å²) in [5.74, 6) is 1.57. The molecule has 0 aliphatic carbocycles. The molecule has 2 rings (SSSR count). The summed E-state index contributed by atoms with van der Waals surface area (Å²) < 4.78 is 17.1. The van der Waals surface area contributed by atoms with Gasteiger partial charge in [0.05, 0.1) is 5.02 Å². The molecule has 1 aliphatic heterocycles. The molecule has 0 radical (unpaired) electrons. The largest absolute Gasteiger partial charge is 0.479 e. The molecule has 0 saturated carbocycles. The minimum atomic E-state index is -0.790. The lowest BCUT2D eigenvalue weighted by Gasteiger charge is -2.30. The second-order valence-corrected chi connectivity index (χ2v) is 6.72. The highest BCUT2D eigenvalue weighted by molar-refractivity contribution is 7.85. The number of para-hydroxylation sites is 1. The average molecular weight is 316 g/mol. The van der Waals surface area contributed by atoms with Crippen molar-refractivity contribution in [1.29, 1.82) is 0 Å². The summed E-state index contributed by atoms with van der Waals surface area (Å²) in [4.78, 5) is 14.1. The number of carbonyl (C=O) groups is 1. The summed E-state index contributed by atoms with van der Waals surface area (Å²) >= 11 is 6.04. The molecule has 0 N–H and O–H groups in total. The summed E-state index contributed by atoms with van der Waals surface area (Å²) in [6.45, 7) is 2.98. The van der Waals surface area contributed by atoms with Crippen molar-refractivity contribution in [3.05, 3.63) is 29.3 Å². The van der Waals surface area contributed by atoms with Crippen LogP contribution in [0.15, 0.2) is 24.3 Å². The van der Waals surface area contributed by atoms with Crippen molar-refractivity contribution in [3.63, 3.8) is 0 Å². The zero-order valence-corrected chi connectivity index (χ0v) is 13.0. The molecule has 6 heteroatoms. The van der Waals surface area contributed by atoms with Gasteiger partial charge in [-0.25, -0.2) is 0 Å². The van der Waals surface area contributed by atoms with Gasteiger partial charge in [-0.05, 0) is 18.6 Å². The van der Waals surface area contributed by atoms with Crippen LogP contribution in [0.25, 0.3) is 0 Å². The fourth-order valence-electron chi connectivity index (χ4n) is 2.06. The lowest BCUT2D eigenvalue weighted by atomic mass is 10.2. The van der Waals surface area contributed by atoms with Crippen LogP contribution in [-0.4, -0.2) is 45.7 Å². The Hall–Kier alpha value is -1.07. The van der Waals surface area contributed by atoms with Crippen molar-refractivity contribution in [2.45, 2.75) is 19.4 Å². The van der Waals surface area contributed by atoms with Gasteiger partial charge in [0.2, 0.25) is 0 Å². The Morgan fingerprint density at radius 2 is 2.05 bits per heavy atom. The van der Waals surface area contributed by atoms with Gasteiger partial charge < -0.3 is 9.64 Å². The van der Waals surface area contributed by atoms with Gasteiger partial charge in [0.1, 0.15) is 5.75 Å². The van der Waals surface area contributed by atoms with Crippen LogP contribution < -0.4 is 4.74 Å². The van der Waals surface area contributed by atoms with Crippen molar-refractivity contribution in [2.75, 3.05) is 24.6 Å². The highest BCUT2D eigenvalue weighted by Crippen LogP contribution is 2.25. The molecule has 0 aromatic heterocycles. The monoisotopic (exact) mass is 315 g/mol. The highest BCUT2D eigenvalue weighted by atomic mass is 35.5. The molecule has 20 heavy (non-hydrogen) atoms. The Kier molecular flexibility index (Phi) is 5.43. The van der Waals surface area contributed by atoms with Crippen LogP contribution in [0.4, 0.5) is 0 Å². The molecular formula is C14H18ClNO3S. The number of carbonyl (C=O) groups excluding carboxylic acids is 1. The lowest BCUT2D eigenvalue weighted by molar-refractivity contribution is -0.138. The van der Waals surface area contributed by atoms with E-state index >= 15 is 0 Å². The van der Waals surface area contributed by atoms with Crippen molar-refractivity contribution in [3.8, 4) is 5.75 Å². The minimum absolute atomic E-state index is 0.0517. The number of hydrogen-bond donors (Lipinski definition) is 0. The van der Waals surface area contributed by atoms with Gasteiger partial charge in [0.15, 0.2) is 6.10 Å². The normalized spacial score (nSPS) is 17.8. The molecule has 1 aliphatic rings. The molecule has 1 atom stereocenters. The van der Waals surface area contributed by atoms with Crippen LogP contribution in [-0.2, 0) is 15.6 Å². The molecule has 1 aromatic carbocycles. The Morgan fingerprint density at radius 3 is 2.65 bits per heavy atom. The van der Waals surface area contributed by atoms with Crippen LogP contribution in [0.3, 0.4) is 0 Å². The fourth-order valence-corrected chi connectivity index (χ4v) is 3.30. The first kappa shape index (κ1) is 15.3. The molecule has 110 valence electrons. The van der Waals surface area contributed by atoms with Gasteiger partial charge in [0, 0.05) is 35.4 Å². The number of rotatable bonds is 4. The van der Waals surface area contributed by atoms with Crippen LogP contribution in [0.2, 0.25) is 5.02 Å².